The van der Waals surface area contributed by atoms with Gasteiger partial charge in [-0.1, -0.05) is 24.3 Å². The number of benzene rings is 2. The summed E-state index contributed by atoms with van der Waals surface area (Å²) in [5.41, 5.74) is 2.74. The Balaban J connectivity index is 1.51. The van der Waals surface area contributed by atoms with Crippen molar-refractivity contribution in [2.24, 2.45) is 0 Å². The second kappa shape index (κ2) is 9.36. The maximum absolute atomic E-state index is 12.4. The maximum atomic E-state index is 12.4. The van der Waals surface area contributed by atoms with E-state index in [0.717, 1.165) is 36.3 Å². The highest BCUT2D eigenvalue weighted by molar-refractivity contribution is 5.94. The lowest BCUT2D eigenvalue weighted by molar-refractivity contribution is 0.0679. The zero-order chi connectivity index (χ0) is 18.2. The molecule has 1 unspecified atom stereocenters. The van der Waals surface area contributed by atoms with Crippen LogP contribution in [0.1, 0.15) is 34.3 Å². The first-order chi connectivity index (χ1) is 12.8. The molecule has 1 amide bonds. The van der Waals surface area contributed by atoms with Crippen molar-refractivity contribution in [3.8, 4) is 5.75 Å². The van der Waals surface area contributed by atoms with E-state index in [1.54, 1.807) is 19.2 Å². The number of ether oxygens (including phenoxy) is 3. The second-order valence-corrected chi connectivity index (χ2v) is 6.35. The van der Waals surface area contributed by atoms with Crippen LogP contribution in [-0.2, 0) is 22.6 Å². The highest BCUT2D eigenvalue weighted by Gasteiger charge is 2.16. The van der Waals surface area contributed by atoms with Gasteiger partial charge in [-0.15, -0.1) is 0 Å². The third kappa shape index (κ3) is 5.07. The molecule has 0 bridgehead atoms. The third-order valence-electron chi connectivity index (χ3n) is 4.43. The molecule has 26 heavy (non-hydrogen) atoms. The lowest BCUT2D eigenvalue weighted by atomic mass is 10.1. The van der Waals surface area contributed by atoms with Crippen molar-refractivity contribution in [1.82, 2.24) is 5.32 Å². The molecular weight excluding hydrogens is 330 g/mol. The summed E-state index contributed by atoms with van der Waals surface area (Å²) in [5.74, 6) is 0.644. The molecule has 5 heteroatoms. The Morgan fingerprint density at radius 3 is 2.62 bits per heavy atom. The van der Waals surface area contributed by atoms with Crippen LogP contribution in [-0.4, -0.2) is 32.3 Å². The number of nitrogens with one attached hydrogen (secondary N) is 1. The smallest absolute Gasteiger partial charge is 0.251 e. The zero-order valence-corrected chi connectivity index (χ0v) is 15.1. The van der Waals surface area contributed by atoms with Crippen molar-refractivity contribution >= 4 is 5.91 Å². The average molecular weight is 355 g/mol. The molecule has 2 aromatic carbocycles. The molecule has 0 aliphatic carbocycles. The molecule has 1 saturated heterocycles. The van der Waals surface area contributed by atoms with E-state index in [0.29, 0.717) is 25.3 Å². The third-order valence-corrected chi connectivity index (χ3v) is 4.43. The number of carbonyl (C=O) groups is 1. The van der Waals surface area contributed by atoms with Gasteiger partial charge in [0.15, 0.2) is 0 Å². The van der Waals surface area contributed by atoms with Crippen LogP contribution >= 0.6 is 0 Å². The van der Waals surface area contributed by atoms with Gasteiger partial charge < -0.3 is 19.5 Å². The average Bonchev–Trinajstić information content (AvgIpc) is 3.20. The molecule has 138 valence electrons. The van der Waals surface area contributed by atoms with E-state index in [-0.39, 0.29) is 12.0 Å². The number of methoxy groups -OCH3 is 1. The standard InChI is InChI=1S/C21H25NO4/c1-24-14-18-6-3-2-5-17(18)13-22-21(23)16-8-10-19(11-9-16)26-15-20-7-4-12-25-20/h2-3,5-6,8-11,20H,4,7,12-15H2,1H3,(H,22,23). The van der Waals surface area contributed by atoms with Crippen LogP contribution in [0.5, 0.6) is 5.75 Å². The van der Waals surface area contributed by atoms with Crippen molar-refractivity contribution in [3.63, 3.8) is 0 Å². The summed E-state index contributed by atoms with van der Waals surface area (Å²) in [5, 5.41) is 2.95. The fraction of sp³-hybridized carbons (Fsp3) is 0.381. The molecule has 1 heterocycles. The number of rotatable bonds is 8. The van der Waals surface area contributed by atoms with Gasteiger partial charge in [-0.2, -0.15) is 0 Å². The van der Waals surface area contributed by atoms with Crippen molar-refractivity contribution in [2.45, 2.75) is 32.1 Å². The van der Waals surface area contributed by atoms with Crippen LogP contribution in [0.15, 0.2) is 48.5 Å². The second-order valence-electron chi connectivity index (χ2n) is 6.35. The van der Waals surface area contributed by atoms with E-state index < -0.39 is 0 Å². The maximum Gasteiger partial charge on any atom is 0.251 e. The minimum atomic E-state index is -0.108. The number of hydrogen-bond acceptors (Lipinski definition) is 4. The predicted octanol–water partition coefficient (Wildman–Crippen LogP) is 3.32. The Kier molecular flexibility index (Phi) is 6.63. The van der Waals surface area contributed by atoms with Gasteiger partial charge in [0.1, 0.15) is 12.4 Å². The molecule has 1 N–H and O–H groups in total. The summed E-state index contributed by atoms with van der Waals surface area (Å²) in [6.07, 6.45) is 2.33. The van der Waals surface area contributed by atoms with Crippen molar-refractivity contribution in [3.05, 3.63) is 65.2 Å². The van der Waals surface area contributed by atoms with E-state index in [4.69, 9.17) is 14.2 Å². The van der Waals surface area contributed by atoms with Crippen LogP contribution in [0.25, 0.3) is 0 Å². The molecule has 1 aliphatic rings. The summed E-state index contributed by atoms with van der Waals surface area (Å²) in [6, 6.07) is 15.1. The summed E-state index contributed by atoms with van der Waals surface area (Å²) in [7, 11) is 1.66. The summed E-state index contributed by atoms with van der Waals surface area (Å²) in [6.45, 7) is 2.38. The van der Waals surface area contributed by atoms with Gasteiger partial charge >= 0.3 is 0 Å². The summed E-state index contributed by atoms with van der Waals surface area (Å²) in [4.78, 5) is 12.4. The highest BCUT2D eigenvalue weighted by Crippen LogP contribution is 2.17. The largest absolute Gasteiger partial charge is 0.491 e. The molecule has 0 saturated carbocycles. The van der Waals surface area contributed by atoms with E-state index in [9.17, 15) is 4.79 Å². The molecular formula is C21H25NO4. The van der Waals surface area contributed by atoms with Gasteiger partial charge in [0.2, 0.25) is 0 Å². The Labute approximate surface area is 154 Å². The van der Waals surface area contributed by atoms with E-state index in [1.807, 2.05) is 36.4 Å². The minimum absolute atomic E-state index is 0.108. The quantitative estimate of drug-likeness (QED) is 0.789. The SMILES string of the molecule is COCc1ccccc1CNC(=O)c1ccc(OCC2CCCO2)cc1. The Morgan fingerprint density at radius 2 is 1.92 bits per heavy atom. The Morgan fingerprint density at radius 1 is 1.15 bits per heavy atom. The number of carbonyl (C=O) groups excluding carboxylic acids is 1. The van der Waals surface area contributed by atoms with Crippen molar-refractivity contribution in [2.75, 3.05) is 20.3 Å². The van der Waals surface area contributed by atoms with Gasteiger partial charge in [0.25, 0.3) is 5.91 Å². The molecule has 1 aliphatic heterocycles. The molecule has 0 spiro atoms. The van der Waals surface area contributed by atoms with Crippen LogP contribution in [0.3, 0.4) is 0 Å². The van der Waals surface area contributed by atoms with Gasteiger partial charge in [-0.3, -0.25) is 4.79 Å². The monoisotopic (exact) mass is 355 g/mol. The minimum Gasteiger partial charge on any atom is -0.491 e. The topological polar surface area (TPSA) is 56.8 Å². The van der Waals surface area contributed by atoms with Crippen LogP contribution in [0.4, 0.5) is 0 Å². The van der Waals surface area contributed by atoms with E-state index in [1.165, 1.54) is 0 Å². The molecule has 5 nitrogen and oxygen atoms in total. The molecule has 1 fully saturated rings. The number of amides is 1. The Hall–Kier alpha value is -2.37. The summed E-state index contributed by atoms with van der Waals surface area (Å²) < 4.78 is 16.5. The van der Waals surface area contributed by atoms with E-state index in [2.05, 4.69) is 5.32 Å². The zero-order valence-electron chi connectivity index (χ0n) is 15.1. The first-order valence-electron chi connectivity index (χ1n) is 8.94. The van der Waals surface area contributed by atoms with Gasteiger partial charge in [0, 0.05) is 25.8 Å². The fourth-order valence-electron chi connectivity index (χ4n) is 2.97. The van der Waals surface area contributed by atoms with E-state index >= 15 is 0 Å². The molecule has 3 rings (SSSR count). The van der Waals surface area contributed by atoms with Gasteiger partial charge in [-0.05, 0) is 48.2 Å². The van der Waals surface area contributed by atoms with Gasteiger partial charge in [-0.25, -0.2) is 0 Å². The number of hydrogen-bond donors (Lipinski definition) is 1. The first-order valence-corrected chi connectivity index (χ1v) is 8.94. The van der Waals surface area contributed by atoms with Crippen LogP contribution in [0.2, 0.25) is 0 Å². The Bertz CT molecular complexity index is 708. The normalized spacial score (nSPS) is 16.4. The first kappa shape index (κ1) is 18.4. The van der Waals surface area contributed by atoms with Crippen LogP contribution in [0, 0.1) is 0 Å². The highest BCUT2D eigenvalue weighted by atomic mass is 16.5. The molecule has 1 atom stereocenters. The van der Waals surface area contributed by atoms with Crippen molar-refractivity contribution < 1.29 is 19.0 Å². The lowest BCUT2D eigenvalue weighted by Crippen LogP contribution is -2.23. The lowest BCUT2D eigenvalue weighted by Gasteiger charge is -2.12. The van der Waals surface area contributed by atoms with Crippen molar-refractivity contribution in [1.29, 1.82) is 0 Å². The van der Waals surface area contributed by atoms with Crippen LogP contribution < -0.4 is 10.1 Å². The molecule has 0 radical (unpaired) electrons. The molecule has 2 aromatic rings. The summed E-state index contributed by atoms with van der Waals surface area (Å²) >= 11 is 0. The van der Waals surface area contributed by atoms with Gasteiger partial charge in [0.05, 0.1) is 12.7 Å². The molecule has 0 aromatic heterocycles. The predicted molar refractivity (Wildman–Crippen MR) is 99.2 cm³/mol. The fourth-order valence-corrected chi connectivity index (χ4v) is 2.97.